The highest BCUT2D eigenvalue weighted by Crippen LogP contribution is 2.15. The van der Waals surface area contributed by atoms with Crippen molar-refractivity contribution < 1.29 is 4.79 Å². The molecule has 4 nitrogen and oxygen atoms in total. The Bertz CT molecular complexity index is 653. The summed E-state index contributed by atoms with van der Waals surface area (Å²) in [6, 6.07) is 12.4. The summed E-state index contributed by atoms with van der Waals surface area (Å²) >= 11 is 0. The monoisotopic (exact) mass is 283 g/mol. The average molecular weight is 283 g/mol. The third-order valence-electron chi connectivity index (χ3n) is 3.70. The fraction of sp³-hybridized carbons (Fsp3) is 0.412. The molecule has 1 heterocycles. The number of fused-ring (bicyclic) bond motifs is 1. The molecule has 1 aromatic carbocycles. The van der Waals surface area contributed by atoms with E-state index in [9.17, 15) is 4.79 Å². The van der Waals surface area contributed by atoms with Crippen molar-refractivity contribution in [2.75, 3.05) is 13.1 Å². The zero-order valence-corrected chi connectivity index (χ0v) is 12.6. The summed E-state index contributed by atoms with van der Waals surface area (Å²) in [5.74, 6) is -0.0151. The van der Waals surface area contributed by atoms with Crippen LogP contribution in [0.4, 0.5) is 0 Å². The van der Waals surface area contributed by atoms with Crippen LogP contribution in [-0.4, -0.2) is 28.5 Å². The van der Waals surface area contributed by atoms with Crippen LogP contribution < -0.4 is 0 Å². The van der Waals surface area contributed by atoms with Crippen LogP contribution in [0.25, 0.3) is 10.9 Å². The van der Waals surface area contributed by atoms with Crippen LogP contribution in [0.2, 0.25) is 0 Å². The predicted octanol–water partition coefficient (Wildman–Crippen LogP) is 3.04. The quantitative estimate of drug-likeness (QED) is 0.818. The molecule has 1 atom stereocenters. The summed E-state index contributed by atoms with van der Waals surface area (Å²) in [4.78, 5) is 14.0. The van der Waals surface area contributed by atoms with Gasteiger partial charge in [0.2, 0.25) is 5.91 Å². The first-order valence-corrected chi connectivity index (χ1v) is 7.37. The Morgan fingerprint density at radius 1 is 1.38 bits per heavy atom. The number of aryl methyl sites for hydroxylation is 1. The van der Waals surface area contributed by atoms with Gasteiger partial charge in [0.05, 0.1) is 12.0 Å². The van der Waals surface area contributed by atoms with Crippen LogP contribution in [0.5, 0.6) is 0 Å². The minimum Gasteiger partial charge on any atom is -0.347 e. The van der Waals surface area contributed by atoms with E-state index in [1.165, 1.54) is 5.39 Å². The molecule has 1 amide bonds. The summed E-state index contributed by atoms with van der Waals surface area (Å²) < 4.78 is 2.11. The van der Waals surface area contributed by atoms with Crippen LogP contribution in [-0.2, 0) is 11.3 Å². The van der Waals surface area contributed by atoms with E-state index >= 15 is 0 Å². The maximum atomic E-state index is 12.3. The molecule has 0 saturated carbocycles. The lowest BCUT2D eigenvalue weighted by atomic mass is 10.2. The van der Waals surface area contributed by atoms with E-state index in [2.05, 4.69) is 28.8 Å². The van der Waals surface area contributed by atoms with Crippen molar-refractivity contribution in [2.24, 2.45) is 5.92 Å². The fourth-order valence-corrected chi connectivity index (χ4v) is 2.49. The van der Waals surface area contributed by atoms with Crippen molar-refractivity contribution in [1.29, 1.82) is 5.26 Å². The van der Waals surface area contributed by atoms with Gasteiger partial charge in [-0.15, -0.1) is 0 Å². The van der Waals surface area contributed by atoms with Crippen molar-refractivity contribution in [3.8, 4) is 6.07 Å². The van der Waals surface area contributed by atoms with E-state index in [1.54, 1.807) is 4.90 Å². The third-order valence-corrected chi connectivity index (χ3v) is 3.70. The molecule has 0 N–H and O–H groups in total. The number of hydrogen-bond acceptors (Lipinski definition) is 2. The lowest BCUT2D eigenvalue weighted by molar-refractivity contribution is -0.131. The number of hydrogen-bond donors (Lipinski definition) is 0. The molecule has 0 aliphatic heterocycles. The SMILES string of the molecule is CCN(C[C@H](C)C#N)C(=O)CCn1ccc2ccccc21. The molecule has 0 aliphatic carbocycles. The molecule has 2 rings (SSSR count). The maximum absolute atomic E-state index is 12.3. The van der Waals surface area contributed by atoms with Gasteiger partial charge in [0.1, 0.15) is 0 Å². The maximum Gasteiger partial charge on any atom is 0.224 e. The normalized spacial score (nSPS) is 12.0. The van der Waals surface area contributed by atoms with Crippen LogP contribution in [0.3, 0.4) is 0 Å². The molecule has 1 aromatic heterocycles. The van der Waals surface area contributed by atoms with Crippen molar-refractivity contribution >= 4 is 16.8 Å². The van der Waals surface area contributed by atoms with Crippen LogP contribution in [0.15, 0.2) is 36.5 Å². The Hall–Kier alpha value is -2.28. The van der Waals surface area contributed by atoms with Gasteiger partial charge in [-0.2, -0.15) is 5.26 Å². The number of carbonyl (C=O) groups excluding carboxylic acids is 1. The molecule has 4 heteroatoms. The number of nitrogens with zero attached hydrogens (tertiary/aromatic N) is 3. The minimum atomic E-state index is -0.124. The smallest absolute Gasteiger partial charge is 0.224 e. The number of aromatic nitrogens is 1. The first-order valence-electron chi connectivity index (χ1n) is 7.37. The van der Waals surface area contributed by atoms with Crippen molar-refractivity contribution in [3.63, 3.8) is 0 Å². The molecule has 0 aliphatic rings. The molecule has 2 aromatic rings. The molecule has 0 saturated heterocycles. The molecule has 0 bridgehead atoms. The zero-order valence-electron chi connectivity index (χ0n) is 12.6. The predicted molar refractivity (Wildman–Crippen MR) is 83.6 cm³/mol. The average Bonchev–Trinajstić information content (AvgIpc) is 2.93. The van der Waals surface area contributed by atoms with Gasteiger partial charge in [-0.25, -0.2) is 0 Å². The summed E-state index contributed by atoms with van der Waals surface area (Å²) in [5, 5.41) is 10.1. The topological polar surface area (TPSA) is 49.0 Å². The summed E-state index contributed by atoms with van der Waals surface area (Å²) in [5.41, 5.74) is 1.15. The van der Waals surface area contributed by atoms with Crippen LogP contribution >= 0.6 is 0 Å². The Morgan fingerprint density at radius 2 is 2.14 bits per heavy atom. The van der Waals surface area contributed by atoms with E-state index in [4.69, 9.17) is 5.26 Å². The van der Waals surface area contributed by atoms with Crippen LogP contribution in [0, 0.1) is 17.2 Å². The molecule has 0 spiro atoms. The first kappa shape index (κ1) is 15.1. The van der Waals surface area contributed by atoms with Gasteiger partial charge < -0.3 is 9.47 Å². The second-order valence-electron chi connectivity index (χ2n) is 5.28. The van der Waals surface area contributed by atoms with E-state index in [-0.39, 0.29) is 11.8 Å². The highest BCUT2D eigenvalue weighted by molar-refractivity contribution is 5.80. The van der Waals surface area contributed by atoms with Gasteiger partial charge in [-0.05, 0) is 31.4 Å². The molecule has 0 fully saturated rings. The van der Waals surface area contributed by atoms with Gasteiger partial charge in [0.15, 0.2) is 0 Å². The van der Waals surface area contributed by atoms with Gasteiger partial charge in [0, 0.05) is 37.8 Å². The molecular formula is C17H21N3O. The van der Waals surface area contributed by atoms with Crippen molar-refractivity contribution in [1.82, 2.24) is 9.47 Å². The summed E-state index contributed by atoms with van der Waals surface area (Å²) in [7, 11) is 0. The second-order valence-corrected chi connectivity index (χ2v) is 5.28. The Labute approximate surface area is 125 Å². The van der Waals surface area contributed by atoms with Gasteiger partial charge in [-0.1, -0.05) is 18.2 Å². The number of para-hydroxylation sites is 1. The first-order chi connectivity index (χ1) is 10.2. The Kier molecular flexibility index (Phi) is 4.99. The summed E-state index contributed by atoms with van der Waals surface area (Å²) in [6.07, 6.45) is 2.48. The zero-order chi connectivity index (χ0) is 15.2. The largest absolute Gasteiger partial charge is 0.347 e. The minimum absolute atomic E-state index is 0.109. The number of rotatable bonds is 6. The highest BCUT2D eigenvalue weighted by atomic mass is 16.2. The van der Waals surface area contributed by atoms with E-state index < -0.39 is 0 Å². The lowest BCUT2D eigenvalue weighted by Crippen LogP contribution is -2.34. The number of benzene rings is 1. The summed E-state index contributed by atoms with van der Waals surface area (Å²) in [6.45, 7) is 5.63. The van der Waals surface area contributed by atoms with E-state index in [1.807, 2.05) is 32.2 Å². The third kappa shape index (κ3) is 3.63. The van der Waals surface area contributed by atoms with E-state index in [0.717, 1.165) is 5.52 Å². The van der Waals surface area contributed by atoms with E-state index in [0.29, 0.717) is 26.1 Å². The van der Waals surface area contributed by atoms with Gasteiger partial charge in [0.25, 0.3) is 0 Å². The molecule has 0 radical (unpaired) electrons. The molecular weight excluding hydrogens is 262 g/mol. The highest BCUT2D eigenvalue weighted by Gasteiger charge is 2.14. The number of nitriles is 1. The fourth-order valence-electron chi connectivity index (χ4n) is 2.49. The van der Waals surface area contributed by atoms with Gasteiger partial charge >= 0.3 is 0 Å². The van der Waals surface area contributed by atoms with Crippen molar-refractivity contribution in [2.45, 2.75) is 26.8 Å². The van der Waals surface area contributed by atoms with Crippen LogP contribution in [0.1, 0.15) is 20.3 Å². The Morgan fingerprint density at radius 3 is 2.86 bits per heavy atom. The van der Waals surface area contributed by atoms with Gasteiger partial charge in [-0.3, -0.25) is 4.79 Å². The number of amides is 1. The van der Waals surface area contributed by atoms with Crippen molar-refractivity contribution in [3.05, 3.63) is 36.5 Å². The molecule has 0 unspecified atom stereocenters. The standard InChI is InChI=1S/C17H21N3O/c1-3-19(13-14(2)12-18)17(21)9-11-20-10-8-15-6-4-5-7-16(15)20/h4-8,10,14H,3,9,11,13H2,1-2H3/t14-/m1/s1. The molecule has 21 heavy (non-hydrogen) atoms. The number of carbonyl (C=O) groups is 1. The molecule has 110 valence electrons. The second kappa shape index (κ2) is 6.94. The Balaban J connectivity index is 1.98. The lowest BCUT2D eigenvalue weighted by Gasteiger charge is -2.22.